The normalized spacial score (nSPS) is 18.4. The number of thioether (sulfide) groups is 1. The number of carbonyl (C=O) groups excluding carboxylic acids is 1. The Morgan fingerprint density at radius 3 is 2.73 bits per heavy atom. The zero-order valence-electron chi connectivity index (χ0n) is 17.4. The van der Waals surface area contributed by atoms with Crippen molar-refractivity contribution < 1.29 is 4.79 Å². The lowest BCUT2D eigenvalue weighted by Crippen LogP contribution is -2.29. The number of pyridine rings is 1. The number of hydrogen-bond acceptors (Lipinski definition) is 6. The number of carbonyl (C=O) groups is 1. The molecule has 2 saturated heterocycles. The van der Waals surface area contributed by atoms with Gasteiger partial charge in [0.05, 0.1) is 10.5 Å². The molecule has 2 fully saturated rings. The third-order valence-electron chi connectivity index (χ3n) is 5.60. The first-order valence-electron chi connectivity index (χ1n) is 10.5. The van der Waals surface area contributed by atoms with Gasteiger partial charge in [0, 0.05) is 25.8 Å². The number of unbranched alkanes of at least 4 members (excludes halogenated alkanes) is 2. The molecule has 2 aromatic heterocycles. The van der Waals surface area contributed by atoms with E-state index in [2.05, 4.69) is 11.8 Å². The van der Waals surface area contributed by atoms with Gasteiger partial charge >= 0.3 is 0 Å². The van der Waals surface area contributed by atoms with Gasteiger partial charge in [0.15, 0.2) is 0 Å². The molecule has 2 aliphatic heterocycles. The average Bonchev–Trinajstić information content (AvgIpc) is 3.35. The average molecular weight is 443 g/mol. The third-order valence-corrected chi connectivity index (χ3v) is 6.98. The van der Waals surface area contributed by atoms with Crippen molar-refractivity contribution in [3.8, 4) is 0 Å². The zero-order valence-corrected chi connectivity index (χ0v) is 19.0. The molecule has 4 rings (SSSR count). The molecular weight excluding hydrogens is 416 g/mol. The molecule has 2 aromatic rings. The van der Waals surface area contributed by atoms with E-state index in [0.29, 0.717) is 32.8 Å². The van der Waals surface area contributed by atoms with Crippen molar-refractivity contribution in [3.05, 3.63) is 44.7 Å². The molecule has 0 aliphatic carbocycles. The summed E-state index contributed by atoms with van der Waals surface area (Å²) in [4.78, 5) is 35.6. The van der Waals surface area contributed by atoms with Crippen molar-refractivity contribution in [2.75, 3.05) is 24.5 Å². The fourth-order valence-corrected chi connectivity index (χ4v) is 5.23. The third kappa shape index (κ3) is 3.90. The summed E-state index contributed by atoms with van der Waals surface area (Å²) in [6.07, 6.45) is 8.67. The van der Waals surface area contributed by atoms with Crippen LogP contribution in [-0.4, -0.2) is 44.1 Å². The number of thiocarbonyl (C=S) groups is 1. The zero-order chi connectivity index (χ0) is 21.3. The quantitative estimate of drug-likeness (QED) is 0.383. The van der Waals surface area contributed by atoms with Crippen LogP contribution in [0.2, 0.25) is 0 Å². The largest absolute Gasteiger partial charge is 0.356 e. The summed E-state index contributed by atoms with van der Waals surface area (Å²) < 4.78 is 2.14. The summed E-state index contributed by atoms with van der Waals surface area (Å²) in [5.41, 5.74) is 1.92. The van der Waals surface area contributed by atoms with Crippen molar-refractivity contribution in [1.82, 2.24) is 14.3 Å². The van der Waals surface area contributed by atoms with E-state index in [9.17, 15) is 9.59 Å². The van der Waals surface area contributed by atoms with E-state index in [1.54, 1.807) is 21.6 Å². The van der Waals surface area contributed by atoms with E-state index in [-0.39, 0.29) is 11.5 Å². The lowest BCUT2D eigenvalue weighted by atomic mass is 10.2. The summed E-state index contributed by atoms with van der Waals surface area (Å²) in [6, 6.07) is 3.80. The first-order chi connectivity index (χ1) is 14.5. The van der Waals surface area contributed by atoms with E-state index >= 15 is 0 Å². The topological polar surface area (TPSA) is 57.9 Å². The number of aromatic nitrogens is 2. The Morgan fingerprint density at radius 1 is 1.23 bits per heavy atom. The number of rotatable bonds is 6. The molecule has 0 aromatic carbocycles. The van der Waals surface area contributed by atoms with E-state index in [0.717, 1.165) is 50.8 Å². The maximum atomic E-state index is 13.4. The second-order valence-corrected chi connectivity index (χ2v) is 9.45. The molecule has 0 N–H and O–H groups in total. The van der Waals surface area contributed by atoms with Crippen molar-refractivity contribution in [3.63, 3.8) is 0 Å². The van der Waals surface area contributed by atoms with Crippen molar-refractivity contribution >= 4 is 51.7 Å². The summed E-state index contributed by atoms with van der Waals surface area (Å²) in [5.74, 6) is 0.560. The van der Waals surface area contributed by atoms with E-state index in [1.165, 1.54) is 11.8 Å². The summed E-state index contributed by atoms with van der Waals surface area (Å²) in [6.45, 7) is 6.45. The van der Waals surface area contributed by atoms with Gasteiger partial charge in [-0.3, -0.25) is 18.9 Å². The molecule has 8 heteroatoms. The predicted molar refractivity (Wildman–Crippen MR) is 127 cm³/mol. The minimum absolute atomic E-state index is 0.109. The lowest BCUT2D eigenvalue weighted by molar-refractivity contribution is -0.122. The van der Waals surface area contributed by atoms with Gasteiger partial charge in [0.25, 0.3) is 11.5 Å². The molecule has 4 heterocycles. The number of hydrogen-bond donors (Lipinski definition) is 0. The molecule has 158 valence electrons. The van der Waals surface area contributed by atoms with E-state index in [1.807, 2.05) is 19.1 Å². The maximum Gasteiger partial charge on any atom is 0.267 e. The van der Waals surface area contributed by atoms with Gasteiger partial charge in [-0.15, -0.1) is 0 Å². The minimum atomic E-state index is -0.151. The van der Waals surface area contributed by atoms with Crippen molar-refractivity contribution in [2.24, 2.45) is 0 Å². The minimum Gasteiger partial charge on any atom is -0.356 e. The van der Waals surface area contributed by atoms with Crippen LogP contribution < -0.4 is 10.5 Å². The summed E-state index contributed by atoms with van der Waals surface area (Å²) >= 11 is 6.72. The molecule has 30 heavy (non-hydrogen) atoms. The molecule has 0 radical (unpaired) electrons. The van der Waals surface area contributed by atoms with Gasteiger partial charge < -0.3 is 4.90 Å². The summed E-state index contributed by atoms with van der Waals surface area (Å²) in [5, 5.41) is 0. The molecule has 6 nitrogen and oxygen atoms in total. The van der Waals surface area contributed by atoms with E-state index < -0.39 is 0 Å². The molecule has 2 aliphatic rings. The van der Waals surface area contributed by atoms with Gasteiger partial charge in [-0.2, -0.15) is 0 Å². The second-order valence-electron chi connectivity index (χ2n) is 7.77. The van der Waals surface area contributed by atoms with Gasteiger partial charge in [0.1, 0.15) is 15.8 Å². The van der Waals surface area contributed by atoms with Crippen LogP contribution in [0, 0.1) is 6.92 Å². The highest BCUT2D eigenvalue weighted by Crippen LogP contribution is 2.34. The van der Waals surface area contributed by atoms with Gasteiger partial charge in [0.2, 0.25) is 0 Å². The number of nitrogens with zero attached hydrogens (tertiary/aromatic N) is 4. The van der Waals surface area contributed by atoms with Gasteiger partial charge in [-0.05, 0) is 43.9 Å². The highest BCUT2D eigenvalue weighted by molar-refractivity contribution is 8.26. The summed E-state index contributed by atoms with van der Waals surface area (Å²) in [7, 11) is 0. The fraction of sp³-hybridized carbons (Fsp3) is 0.455. The fourth-order valence-electron chi connectivity index (χ4n) is 3.94. The van der Waals surface area contributed by atoms with Crippen LogP contribution in [0.15, 0.2) is 28.0 Å². The van der Waals surface area contributed by atoms with Crippen LogP contribution in [-0.2, 0) is 4.79 Å². The lowest BCUT2D eigenvalue weighted by Gasteiger charge is -2.20. The maximum absolute atomic E-state index is 13.4. The first kappa shape index (κ1) is 21.1. The smallest absolute Gasteiger partial charge is 0.267 e. The Hall–Kier alpha value is -2.19. The number of fused-ring (bicyclic) bond motifs is 1. The van der Waals surface area contributed by atoms with Crippen LogP contribution >= 0.6 is 24.0 Å². The molecular formula is C22H26N4O2S2. The standard InChI is InChI=1S/C22H26N4O2S2/c1-3-4-5-12-26-21(28)17(30-22(26)29)14-16-19(24-10-6-7-11-24)23-18-15(2)9-8-13-25(18)20(16)27/h8-9,13-14H,3-7,10-12H2,1-2H3. The van der Waals surface area contributed by atoms with Crippen LogP contribution in [0.5, 0.6) is 0 Å². The molecule has 0 spiro atoms. The van der Waals surface area contributed by atoms with Crippen LogP contribution in [0.1, 0.15) is 50.2 Å². The Labute approximate surface area is 186 Å². The highest BCUT2D eigenvalue weighted by Gasteiger charge is 2.32. The Balaban J connectivity index is 1.79. The molecule has 0 unspecified atom stereocenters. The molecule has 1 amide bonds. The predicted octanol–water partition coefficient (Wildman–Crippen LogP) is 3.99. The van der Waals surface area contributed by atoms with Crippen LogP contribution in [0.25, 0.3) is 11.7 Å². The van der Waals surface area contributed by atoms with Crippen LogP contribution in [0.3, 0.4) is 0 Å². The monoisotopic (exact) mass is 442 g/mol. The van der Waals surface area contributed by atoms with Crippen LogP contribution in [0.4, 0.5) is 5.82 Å². The number of amides is 1. The van der Waals surface area contributed by atoms with Gasteiger partial charge in [-0.25, -0.2) is 4.98 Å². The number of anilines is 1. The Bertz CT molecular complexity index is 1090. The first-order valence-corrected chi connectivity index (χ1v) is 11.8. The Morgan fingerprint density at radius 2 is 2.00 bits per heavy atom. The highest BCUT2D eigenvalue weighted by atomic mass is 32.2. The van der Waals surface area contributed by atoms with Crippen molar-refractivity contribution in [2.45, 2.75) is 46.0 Å². The van der Waals surface area contributed by atoms with Gasteiger partial charge in [-0.1, -0.05) is 49.8 Å². The molecule has 0 saturated carbocycles. The van der Waals surface area contributed by atoms with Crippen molar-refractivity contribution in [1.29, 1.82) is 0 Å². The number of aryl methyl sites for hydroxylation is 1. The SMILES string of the molecule is CCCCCN1C(=O)C(=Cc2c(N3CCCC3)nc3c(C)cccn3c2=O)SC1=S. The second kappa shape index (κ2) is 8.89. The Kier molecular flexibility index (Phi) is 6.24. The molecule has 0 bridgehead atoms. The van der Waals surface area contributed by atoms with E-state index in [4.69, 9.17) is 17.2 Å². The molecule has 0 atom stereocenters.